The molecule has 0 amide bonds. The summed E-state index contributed by atoms with van der Waals surface area (Å²) in [6.07, 6.45) is -9.34. The van der Waals surface area contributed by atoms with Gasteiger partial charge in [-0.2, -0.15) is 26.3 Å². The minimum absolute atomic E-state index is 0. The summed E-state index contributed by atoms with van der Waals surface area (Å²) in [6, 6.07) is 1.54. The normalized spacial score (nSPS) is 16.6. The Kier molecular flexibility index (Phi) is 5.38. The van der Waals surface area contributed by atoms with Crippen molar-refractivity contribution in [2.24, 2.45) is 0 Å². The molecule has 21 heavy (non-hydrogen) atoms. The minimum Gasteiger partial charge on any atom is -0.368 e. The fraction of sp³-hybridized carbons (Fsp3) is 0.500. The molecule has 1 fully saturated rings. The first-order valence-corrected chi connectivity index (χ1v) is 5.94. The molecular weight excluding hydrogens is 322 g/mol. The summed E-state index contributed by atoms with van der Waals surface area (Å²) in [4.78, 5) is 1.33. The second kappa shape index (κ2) is 6.31. The summed E-state index contributed by atoms with van der Waals surface area (Å²) >= 11 is 0. The quantitative estimate of drug-likeness (QED) is 0.790. The van der Waals surface area contributed by atoms with Gasteiger partial charge in [0, 0.05) is 31.9 Å². The van der Waals surface area contributed by atoms with Crippen LogP contribution in [0.5, 0.6) is 0 Å². The smallest absolute Gasteiger partial charge is 0.368 e. The Balaban J connectivity index is 0.00000220. The number of nitrogens with one attached hydrogen (secondary N) is 1. The number of rotatable bonds is 1. The van der Waals surface area contributed by atoms with E-state index in [2.05, 4.69) is 5.32 Å². The largest absolute Gasteiger partial charge is 0.418 e. The van der Waals surface area contributed by atoms with Gasteiger partial charge in [-0.25, -0.2) is 0 Å². The van der Waals surface area contributed by atoms with Gasteiger partial charge in [0.05, 0.1) is 11.1 Å². The van der Waals surface area contributed by atoms with Crippen molar-refractivity contribution in [3.63, 3.8) is 0 Å². The third-order valence-corrected chi connectivity index (χ3v) is 3.09. The standard InChI is InChI=1S/C12H12F6N2.ClH/c13-11(14,15)8-1-2-9(12(16,17)18)10(7-8)20-5-3-19-4-6-20;/h1-2,7,19H,3-6H2;1H. The van der Waals surface area contributed by atoms with Gasteiger partial charge in [-0.15, -0.1) is 12.4 Å². The van der Waals surface area contributed by atoms with Gasteiger partial charge in [0.2, 0.25) is 0 Å². The van der Waals surface area contributed by atoms with Crippen molar-refractivity contribution in [3.05, 3.63) is 29.3 Å². The van der Waals surface area contributed by atoms with Crippen LogP contribution in [0.1, 0.15) is 11.1 Å². The molecule has 1 heterocycles. The number of halogens is 7. The van der Waals surface area contributed by atoms with E-state index in [1.807, 2.05) is 0 Å². The molecule has 0 bridgehead atoms. The average Bonchev–Trinajstić information content (AvgIpc) is 2.37. The SMILES string of the molecule is Cl.FC(F)(F)c1ccc(C(F)(F)F)c(N2CCNCC2)c1. The van der Waals surface area contributed by atoms with Crippen LogP contribution in [0.3, 0.4) is 0 Å². The zero-order chi connectivity index (χ0) is 15.0. The van der Waals surface area contributed by atoms with E-state index in [0.717, 1.165) is 0 Å². The van der Waals surface area contributed by atoms with Crippen molar-refractivity contribution in [1.29, 1.82) is 0 Å². The van der Waals surface area contributed by atoms with Crippen molar-refractivity contribution < 1.29 is 26.3 Å². The van der Waals surface area contributed by atoms with Crippen LogP contribution in [0.25, 0.3) is 0 Å². The van der Waals surface area contributed by atoms with Crippen LogP contribution in [-0.2, 0) is 12.4 Å². The van der Waals surface area contributed by atoms with Gasteiger partial charge in [0.25, 0.3) is 0 Å². The summed E-state index contributed by atoms with van der Waals surface area (Å²) in [5, 5.41) is 2.94. The fourth-order valence-electron chi connectivity index (χ4n) is 2.12. The predicted octanol–water partition coefficient (Wildman–Crippen LogP) is 3.56. The molecule has 0 radical (unpaired) electrons. The zero-order valence-corrected chi connectivity index (χ0v) is 11.5. The molecule has 1 N–H and O–H groups in total. The minimum atomic E-state index is -4.68. The first kappa shape index (κ1) is 17.9. The summed E-state index contributed by atoms with van der Waals surface area (Å²) in [5.74, 6) is 0. The lowest BCUT2D eigenvalue weighted by Crippen LogP contribution is -2.44. The maximum Gasteiger partial charge on any atom is 0.418 e. The van der Waals surface area contributed by atoms with E-state index in [1.54, 1.807) is 0 Å². The molecule has 0 aliphatic carbocycles. The van der Waals surface area contributed by atoms with Gasteiger partial charge >= 0.3 is 12.4 Å². The van der Waals surface area contributed by atoms with E-state index in [-0.39, 0.29) is 25.5 Å². The van der Waals surface area contributed by atoms with Crippen LogP contribution >= 0.6 is 12.4 Å². The molecule has 1 saturated heterocycles. The molecule has 0 unspecified atom stereocenters. The Morgan fingerprint density at radius 1 is 0.905 bits per heavy atom. The van der Waals surface area contributed by atoms with Crippen molar-refractivity contribution in [2.75, 3.05) is 31.1 Å². The number of nitrogens with zero attached hydrogens (tertiary/aromatic N) is 1. The highest BCUT2D eigenvalue weighted by molar-refractivity contribution is 5.85. The van der Waals surface area contributed by atoms with Crippen molar-refractivity contribution >= 4 is 18.1 Å². The highest BCUT2D eigenvalue weighted by Crippen LogP contribution is 2.40. The van der Waals surface area contributed by atoms with Crippen LogP contribution in [0, 0.1) is 0 Å². The van der Waals surface area contributed by atoms with E-state index >= 15 is 0 Å². The molecular formula is C12H13ClF6N2. The topological polar surface area (TPSA) is 15.3 Å². The molecule has 1 aromatic carbocycles. The van der Waals surface area contributed by atoms with Crippen LogP contribution in [0.4, 0.5) is 32.0 Å². The van der Waals surface area contributed by atoms with Crippen molar-refractivity contribution in [2.45, 2.75) is 12.4 Å². The molecule has 1 aromatic rings. The molecule has 2 rings (SSSR count). The maximum atomic E-state index is 12.9. The van der Waals surface area contributed by atoms with E-state index in [9.17, 15) is 26.3 Å². The molecule has 2 nitrogen and oxygen atoms in total. The van der Waals surface area contributed by atoms with Gasteiger partial charge in [-0.05, 0) is 18.2 Å². The fourth-order valence-corrected chi connectivity index (χ4v) is 2.12. The lowest BCUT2D eigenvalue weighted by atomic mass is 10.1. The molecule has 9 heteroatoms. The highest BCUT2D eigenvalue weighted by Gasteiger charge is 2.38. The lowest BCUT2D eigenvalue weighted by Gasteiger charge is -2.32. The summed E-state index contributed by atoms with van der Waals surface area (Å²) < 4.78 is 76.7. The van der Waals surface area contributed by atoms with Crippen LogP contribution in [0.2, 0.25) is 0 Å². The van der Waals surface area contributed by atoms with Gasteiger partial charge in [0.1, 0.15) is 0 Å². The highest BCUT2D eigenvalue weighted by atomic mass is 35.5. The Hall–Kier alpha value is -1.15. The Labute approximate surface area is 123 Å². The molecule has 0 atom stereocenters. The Morgan fingerprint density at radius 3 is 1.95 bits per heavy atom. The predicted molar refractivity (Wildman–Crippen MR) is 68.8 cm³/mol. The first-order chi connectivity index (χ1) is 9.19. The van der Waals surface area contributed by atoms with E-state index < -0.39 is 29.2 Å². The maximum absolute atomic E-state index is 12.9. The zero-order valence-electron chi connectivity index (χ0n) is 10.7. The number of alkyl halides is 6. The van der Waals surface area contributed by atoms with E-state index in [0.29, 0.717) is 31.3 Å². The monoisotopic (exact) mass is 334 g/mol. The van der Waals surface area contributed by atoms with E-state index in [1.165, 1.54) is 4.90 Å². The lowest BCUT2D eigenvalue weighted by molar-refractivity contribution is -0.141. The number of benzene rings is 1. The summed E-state index contributed by atoms with van der Waals surface area (Å²) in [6.45, 7) is 1.36. The second-order valence-electron chi connectivity index (χ2n) is 4.46. The average molecular weight is 335 g/mol. The molecule has 1 aliphatic rings. The Bertz CT molecular complexity index is 480. The van der Waals surface area contributed by atoms with Crippen LogP contribution in [-0.4, -0.2) is 26.2 Å². The molecule has 0 saturated carbocycles. The molecule has 0 spiro atoms. The second-order valence-corrected chi connectivity index (χ2v) is 4.46. The number of piperazine rings is 1. The van der Waals surface area contributed by atoms with Crippen molar-refractivity contribution in [1.82, 2.24) is 5.32 Å². The number of anilines is 1. The third-order valence-electron chi connectivity index (χ3n) is 3.09. The summed E-state index contributed by atoms with van der Waals surface area (Å²) in [7, 11) is 0. The third kappa shape index (κ3) is 4.16. The van der Waals surface area contributed by atoms with Crippen molar-refractivity contribution in [3.8, 4) is 0 Å². The van der Waals surface area contributed by atoms with Crippen LogP contribution in [0.15, 0.2) is 18.2 Å². The van der Waals surface area contributed by atoms with Gasteiger partial charge in [-0.3, -0.25) is 0 Å². The van der Waals surface area contributed by atoms with Gasteiger partial charge in [-0.1, -0.05) is 0 Å². The van der Waals surface area contributed by atoms with E-state index in [4.69, 9.17) is 0 Å². The summed E-state index contributed by atoms with van der Waals surface area (Å²) in [5.41, 5.74) is -2.51. The molecule has 120 valence electrons. The molecule has 0 aromatic heterocycles. The number of hydrogen-bond donors (Lipinski definition) is 1. The number of hydrogen-bond acceptors (Lipinski definition) is 2. The van der Waals surface area contributed by atoms with Gasteiger partial charge < -0.3 is 10.2 Å². The van der Waals surface area contributed by atoms with Crippen LogP contribution < -0.4 is 10.2 Å². The first-order valence-electron chi connectivity index (χ1n) is 5.94. The Morgan fingerprint density at radius 2 is 1.48 bits per heavy atom. The molecule has 1 aliphatic heterocycles. The van der Waals surface area contributed by atoms with Gasteiger partial charge in [0.15, 0.2) is 0 Å².